The van der Waals surface area contributed by atoms with Crippen molar-refractivity contribution in [3.63, 3.8) is 0 Å². The van der Waals surface area contributed by atoms with Gasteiger partial charge in [0, 0.05) is 31.4 Å². The number of nitrogens with zero attached hydrogens (tertiary/aromatic N) is 3. The van der Waals surface area contributed by atoms with Crippen LogP contribution in [0.5, 0.6) is 0 Å². The number of aromatic nitrogens is 4. The summed E-state index contributed by atoms with van der Waals surface area (Å²) in [6.07, 6.45) is 0.799. The summed E-state index contributed by atoms with van der Waals surface area (Å²) in [5.74, 6) is 0.318. The molecule has 1 aliphatic heterocycles. The molecule has 3 heterocycles. The fraction of sp³-hybridized carbons (Fsp3) is 0.286. The van der Waals surface area contributed by atoms with Crippen molar-refractivity contribution < 1.29 is 18.7 Å². The Morgan fingerprint density at radius 3 is 2.56 bits per heavy atom. The summed E-state index contributed by atoms with van der Waals surface area (Å²) < 4.78 is 25.6. The second kappa shape index (κ2) is 11.7. The van der Waals surface area contributed by atoms with Gasteiger partial charge >= 0.3 is 0 Å². The summed E-state index contributed by atoms with van der Waals surface area (Å²) in [6.45, 7) is 3.45. The number of halogens is 1. The van der Waals surface area contributed by atoms with E-state index in [2.05, 4.69) is 25.6 Å². The molecule has 2 aromatic carbocycles. The predicted octanol–water partition coefficient (Wildman–Crippen LogP) is 3.41. The fourth-order valence-corrected chi connectivity index (χ4v) is 4.16. The zero-order valence-electron chi connectivity index (χ0n) is 21.5. The number of hydrogen-bond donors (Lipinski definition) is 4. The number of ether oxygens (including phenoxy) is 2. The maximum atomic E-state index is 13.6. The number of anilines is 1. The van der Waals surface area contributed by atoms with E-state index in [1.54, 1.807) is 31.3 Å². The van der Waals surface area contributed by atoms with E-state index in [0.29, 0.717) is 54.1 Å². The minimum absolute atomic E-state index is 0.140. The third-order valence-corrected chi connectivity index (χ3v) is 6.35. The van der Waals surface area contributed by atoms with Gasteiger partial charge in [0.25, 0.3) is 0 Å². The van der Waals surface area contributed by atoms with Gasteiger partial charge in [0.1, 0.15) is 5.82 Å². The van der Waals surface area contributed by atoms with Crippen LogP contribution in [0.2, 0.25) is 0 Å². The van der Waals surface area contributed by atoms with Gasteiger partial charge in [-0.1, -0.05) is 30.3 Å². The van der Waals surface area contributed by atoms with Crippen molar-refractivity contribution in [3.05, 3.63) is 84.1 Å². The number of amides is 1. The van der Waals surface area contributed by atoms with Crippen LogP contribution in [0.3, 0.4) is 0 Å². The zero-order valence-corrected chi connectivity index (χ0v) is 21.5. The van der Waals surface area contributed by atoms with Crippen LogP contribution in [-0.2, 0) is 20.8 Å². The molecular weight excluding hydrogens is 501 g/mol. The Kier molecular flexibility index (Phi) is 7.92. The molecule has 5 rings (SSSR count). The lowest BCUT2D eigenvalue weighted by atomic mass is 9.91. The van der Waals surface area contributed by atoms with Gasteiger partial charge in [0.15, 0.2) is 5.82 Å². The molecule has 0 spiro atoms. The first-order chi connectivity index (χ1) is 18.9. The van der Waals surface area contributed by atoms with Gasteiger partial charge in [-0.05, 0) is 42.8 Å². The molecule has 2 aromatic heterocycles. The van der Waals surface area contributed by atoms with E-state index in [4.69, 9.17) is 20.2 Å². The molecule has 39 heavy (non-hydrogen) atoms. The van der Waals surface area contributed by atoms with Crippen molar-refractivity contribution in [2.75, 3.05) is 31.6 Å². The SMILES string of the molecule is CC1(C(=O)NCc2ccccc2)COC(c2nc(-c3ccc(F)cc3)c(-c3ccnc(NCCN)n3)[nH]2)OC1. The van der Waals surface area contributed by atoms with E-state index in [0.717, 1.165) is 5.56 Å². The molecule has 11 heteroatoms. The quantitative estimate of drug-likeness (QED) is 0.258. The third-order valence-electron chi connectivity index (χ3n) is 6.35. The average Bonchev–Trinajstić information content (AvgIpc) is 3.42. The second-order valence-corrected chi connectivity index (χ2v) is 9.52. The molecular formula is C28H30FN7O3. The van der Waals surface area contributed by atoms with Crippen molar-refractivity contribution in [3.8, 4) is 22.6 Å². The first-order valence-electron chi connectivity index (χ1n) is 12.6. The van der Waals surface area contributed by atoms with Crippen LogP contribution in [0, 0.1) is 11.2 Å². The number of nitrogens with one attached hydrogen (secondary N) is 3. The van der Waals surface area contributed by atoms with E-state index >= 15 is 0 Å². The first-order valence-corrected chi connectivity index (χ1v) is 12.6. The van der Waals surface area contributed by atoms with E-state index in [9.17, 15) is 9.18 Å². The van der Waals surface area contributed by atoms with Crippen LogP contribution in [0.1, 0.15) is 24.6 Å². The number of H-pyrrole nitrogens is 1. The number of hydrogen-bond acceptors (Lipinski definition) is 8. The molecule has 0 unspecified atom stereocenters. The number of carbonyl (C=O) groups excluding carboxylic acids is 1. The normalized spacial score (nSPS) is 19.0. The summed E-state index contributed by atoms with van der Waals surface area (Å²) in [7, 11) is 0. The van der Waals surface area contributed by atoms with Gasteiger partial charge in [-0.25, -0.2) is 19.3 Å². The van der Waals surface area contributed by atoms with Crippen LogP contribution in [-0.4, -0.2) is 52.1 Å². The van der Waals surface area contributed by atoms with Crippen molar-refractivity contribution in [1.82, 2.24) is 25.3 Å². The Hall–Kier alpha value is -4.19. The van der Waals surface area contributed by atoms with Crippen molar-refractivity contribution >= 4 is 11.9 Å². The predicted molar refractivity (Wildman–Crippen MR) is 144 cm³/mol. The molecule has 0 atom stereocenters. The monoisotopic (exact) mass is 531 g/mol. The maximum Gasteiger partial charge on any atom is 0.230 e. The van der Waals surface area contributed by atoms with Gasteiger partial charge < -0.3 is 30.8 Å². The standard InChI is InChI=1S/C28H30FN7O3/c1-28(26(37)33-15-18-5-3-2-4-6-18)16-38-25(39-17-28)24-35-22(19-7-9-20(29)10-8-19)23(36-24)21-11-13-31-27(34-21)32-14-12-30/h2-11,13,25H,12,14-17,30H2,1H3,(H,33,37)(H,35,36)(H,31,32,34). The highest BCUT2D eigenvalue weighted by Gasteiger charge is 2.40. The van der Waals surface area contributed by atoms with E-state index in [-0.39, 0.29) is 24.9 Å². The largest absolute Gasteiger partial charge is 0.353 e. The number of carbonyl (C=O) groups is 1. The molecule has 1 aliphatic rings. The Balaban J connectivity index is 1.35. The number of imidazole rings is 1. The van der Waals surface area contributed by atoms with Gasteiger partial charge in [0.2, 0.25) is 18.1 Å². The molecule has 0 bridgehead atoms. The molecule has 5 N–H and O–H groups in total. The molecule has 0 saturated carbocycles. The number of nitrogens with two attached hydrogens (primary N) is 1. The molecule has 1 amide bonds. The topological polar surface area (TPSA) is 140 Å². The highest BCUT2D eigenvalue weighted by molar-refractivity contribution is 5.82. The van der Waals surface area contributed by atoms with Gasteiger partial charge in [-0.15, -0.1) is 0 Å². The van der Waals surface area contributed by atoms with Gasteiger partial charge in [-0.2, -0.15) is 0 Å². The van der Waals surface area contributed by atoms with Crippen molar-refractivity contribution in [2.45, 2.75) is 19.8 Å². The Morgan fingerprint density at radius 2 is 1.85 bits per heavy atom. The van der Waals surface area contributed by atoms with Crippen molar-refractivity contribution in [1.29, 1.82) is 0 Å². The number of benzene rings is 2. The summed E-state index contributed by atoms with van der Waals surface area (Å²) in [5.41, 5.74) is 8.13. The number of aromatic amines is 1. The third kappa shape index (κ3) is 6.11. The lowest BCUT2D eigenvalue weighted by Crippen LogP contribution is -2.48. The van der Waals surface area contributed by atoms with Crippen LogP contribution < -0.4 is 16.4 Å². The minimum atomic E-state index is -0.864. The van der Waals surface area contributed by atoms with E-state index < -0.39 is 11.7 Å². The molecule has 10 nitrogen and oxygen atoms in total. The smallest absolute Gasteiger partial charge is 0.230 e. The van der Waals surface area contributed by atoms with E-state index in [1.165, 1.54) is 12.1 Å². The zero-order chi connectivity index (χ0) is 27.2. The average molecular weight is 532 g/mol. The summed E-state index contributed by atoms with van der Waals surface area (Å²) >= 11 is 0. The Bertz CT molecular complexity index is 1400. The lowest BCUT2D eigenvalue weighted by Gasteiger charge is -2.35. The van der Waals surface area contributed by atoms with Crippen LogP contribution >= 0.6 is 0 Å². The molecule has 1 saturated heterocycles. The first kappa shape index (κ1) is 26.4. The Morgan fingerprint density at radius 1 is 1.10 bits per heavy atom. The van der Waals surface area contributed by atoms with Gasteiger partial charge in [-0.3, -0.25) is 4.79 Å². The van der Waals surface area contributed by atoms with Crippen LogP contribution in [0.15, 0.2) is 66.9 Å². The highest BCUT2D eigenvalue weighted by atomic mass is 19.1. The Labute approximate surface area is 225 Å². The minimum Gasteiger partial charge on any atom is -0.353 e. The van der Waals surface area contributed by atoms with Gasteiger partial charge in [0.05, 0.1) is 35.7 Å². The lowest BCUT2D eigenvalue weighted by molar-refractivity contribution is -0.231. The molecule has 0 radical (unpaired) electrons. The molecule has 4 aromatic rings. The molecule has 202 valence electrons. The molecule has 1 fully saturated rings. The van der Waals surface area contributed by atoms with Crippen molar-refractivity contribution in [2.24, 2.45) is 11.1 Å². The molecule has 0 aliphatic carbocycles. The van der Waals surface area contributed by atoms with Crippen LogP contribution in [0.4, 0.5) is 10.3 Å². The number of rotatable bonds is 9. The fourth-order valence-electron chi connectivity index (χ4n) is 4.16. The highest BCUT2D eigenvalue weighted by Crippen LogP contribution is 2.35. The van der Waals surface area contributed by atoms with Crippen LogP contribution in [0.25, 0.3) is 22.6 Å². The second-order valence-electron chi connectivity index (χ2n) is 9.52. The maximum absolute atomic E-state index is 13.6. The summed E-state index contributed by atoms with van der Waals surface area (Å²) in [6, 6.07) is 17.5. The summed E-state index contributed by atoms with van der Waals surface area (Å²) in [4.78, 5) is 29.8. The van der Waals surface area contributed by atoms with E-state index in [1.807, 2.05) is 30.3 Å². The summed E-state index contributed by atoms with van der Waals surface area (Å²) in [5, 5.41) is 6.03.